The number of rotatable bonds is 11. The molecule has 17 heteroatoms. The van der Waals surface area contributed by atoms with Crippen LogP contribution in [0.1, 0.15) is 121 Å². The van der Waals surface area contributed by atoms with E-state index in [1.165, 1.54) is 0 Å². The van der Waals surface area contributed by atoms with Crippen molar-refractivity contribution in [3.8, 4) is 0 Å². The van der Waals surface area contributed by atoms with E-state index in [-0.39, 0.29) is 76.5 Å². The van der Waals surface area contributed by atoms with Crippen molar-refractivity contribution < 1.29 is 47.8 Å². The van der Waals surface area contributed by atoms with Gasteiger partial charge in [0.15, 0.2) is 0 Å². The number of hydrogen-bond donors (Lipinski definition) is 5. The lowest BCUT2D eigenvalue weighted by atomic mass is 9.91. The van der Waals surface area contributed by atoms with Crippen molar-refractivity contribution in [2.24, 2.45) is 17.6 Å². The number of esters is 2. The zero-order valence-corrected chi connectivity index (χ0v) is 41.8. The van der Waals surface area contributed by atoms with E-state index < -0.39 is 11.2 Å². The first-order valence-corrected chi connectivity index (χ1v) is 23.2. The van der Waals surface area contributed by atoms with E-state index in [4.69, 9.17) is 20.9 Å². The summed E-state index contributed by atoms with van der Waals surface area (Å²) in [7, 11) is 0. The van der Waals surface area contributed by atoms with Gasteiger partial charge in [-0.15, -0.1) is 12.4 Å². The van der Waals surface area contributed by atoms with Crippen LogP contribution in [0.4, 0.5) is 5.69 Å². The topological polar surface area (TPSA) is 243 Å². The molecule has 0 radical (unpaired) electrons. The first-order valence-electron chi connectivity index (χ1n) is 22.3. The minimum Gasteiger partial charge on any atom is -0.460 e. The van der Waals surface area contributed by atoms with Crippen molar-refractivity contribution >= 4 is 81.4 Å². The summed E-state index contributed by atoms with van der Waals surface area (Å²) in [4.78, 5) is 89.6. The Bertz CT molecular complexity index is 2140. The summed E-state index contributed by atoms with van der Waals surface area (Å²) < 4.78 is 10.5. The maximum atomic E-state index is 11.8. The molecular weight excluding hydrogens is 946 g/mol. The highest BCUT2D eigenvalue weighted by molar-refractivity contribution is 9.10. The van der Waals surface area contributed by atoms with Crippen molar-refractivity contribution in [3.63, 3.8) is 0 Å². The van der Waals surface area contributed by atoms with E-state index in [1.807, 2.05) is 114 Å². The van der Waals surface area contributed by atoms with Crippen LogP contribution in [0.25, 0.3) is 0 Å². The van der Waals surface area contributed by atoms with Gasteiger partial charge in [-0.3, -0.25) is 54.3 Å². The van der Waals surface area contributed by atoms with Gasteiger partial charge in [0, 0.05) is 56.2 Å². The Hall–Kier alpha value is -5.45. The number of nitrogens with two attached hydrogens (primary N) is 2. The first-order chi connectivity index (χ1) is 31.0. The predicted octanol–water partition coefficient (Wildman–Crippen LogP) is 6.45. The number of carbonyl (C=O) groups is 8. The van der Waals surface area contributed by atoms with E-state index >= 15 is 0 Å². The summed E-state index contributed by atoms with van der Waals surface area (Å²) in [6, 6.07) is 23.4. The zero-order chi connectivity index (χ0) is 49.0. The van der Waals surface area contributed by atoms with Crippen molar-refractivity contribution in [1.82, 2.24) is 16.0 Å². The molecule has 3 fully saturated rings. The maximum absolute atomic E-state index is 11.8. The van der Waals surface area contributed by atoms with Crippen molar-refractivity contribution in [1.29, 1.82) is 0 Å². The number of nitrogens with one attached hydrogen (secondary N) is 3. The number of aryl methyl sites for hydroxylation is 2. The lowest BCUT2D eigenvalue weighted by Crippen LogP contribution is -2.41. The highest BCUT2D eigenvalue weighted by atomic mass is 79.9. The Morgan fingerprint density at radius 2 is 0.881 bits per heavy atom. The quantitative estimate of drug-likeness (QED) is 0.0603. The molecule has 3 saturated heterocycles. The molecule has 3 aliphatic heterocycles. The van der Waals surface area contributed by atoms with Crippen LogP contribution in [0, 0.1) is 11.8 Å². The summed E-state index contributed by atoms with van der Waals surface area (Å²) in [6.45, 7) is 11.7. The molecule has 366 valence electrons. The minimum atomic E-state index is -0.455. The van der Waals surface area contributed by atoms with Gasteiger partial charge in [0.1, 0.15) is 11.2 Å². The number of alkyl halides is 1. The molecule has 3 aromatic rings. The van der Waals surface area contributed by atoms with Crippen LogP contribution in [0.15, 0.2) is 72.8 Å². The van der Waals surface area contributed by atoms with Gasteiger partial charge in [-0.05, 0) is 126 Å². The third kappa shape index (κ3) is 23.7. The van der Waals surface area contributed by atoms with Gasteiger partial charge in [-0.25, -0.2) is 0 Å². The first kappa shape index (κ1) is 57.7. The molecule has 0 aromatic heterocycles. The number of imide groups is 3. The van der Waals surface area contributed by atoms with E-state index in [0.717, 1.165) is 33.5 Å². The standard InChI is InChI=1S/C19H25NO4.C13H16N2O2.C13H19NO2.C5H6BrNO2.ClH/c1-19(2,3)24-17(22)11-8-13-4-6-14(7-5-13)12-15-9-10-16(21)20-18(15)23;14-8-10-3-1-9(2-4-10)7-11-5-6-12(16)15-13(11)17;1-13(2,3)16-12(15)9-6-10-4-7-11(14)8-5-10;6-3-1-2-4(8)7-5(3)9;/h4-7,15H,8-12H2,1-3H3,(H,20,21,23);1-4,11H,5-8,14H2,(H,15,16,17);4-5,7-8H,6,9,14H2,1-3H3;3H,1-2H2,(H,7,8,9);1H. The number of piperidine rings is 3. The van der Waals surface area contributed by atoms with E-state index in [9.17, 15) is 38.4 Å². The molecule has 3 unspecified atom stereocenters. The molecule has 7 N–H and O–H groups in total. The molecule has 0 aliphatic carbocycles. The minimum absolute atomic E-state index is 0. The number of nitrogen functional groups attached to an aromatic ring is 1. The number of benzene rings is 3. The van der Waals surface area contributed by atoms with Gasteiger partial charge in [0.2, 0.25) is 35.4 Å². The molecular formula is C50H67BrClN5O10. The fraction of sp³-hybridized carbons (Fsp3) is 0.480. The number of ether oxygens (including phenoxy) is 2. The predicted molar refractivity (Wildman–Crippen MR) is 261 cm³/mol. The molecule has 6 rings (SSSR count). The normalized spacial score (nSPS) is 18.1. The number of anilines is 1. The Morgan fingerprint density at radius 1 is 0.552 bits per heavy atom. The molecule has 3 aromatic carbocycles. The molecule has 0 spiro atoms. The lowest BCUT2D eigenvalue weighted by Gasteiger charge is -2.20. The molecule has 3 heterocycles. The van der Waals surface area contributed by atoms with Gasteiger partial charge in [-0.1, -0.05) is 76.6 Å². The number of hydrogen-bond acceptors (Lipinski definition) is 12. The third-order valence-corrected chi connectivity index (χ3v) is 11.1. The number of amides is 6. The van der Waals surface area contributed by atoms with Crippen LogP contribution < -0.4 is 27.4 Å². The smallest absolute Gasteiger partial charge is 0.306 e. The second-order valence-electron chi connectivity index (χ2n) is 18.4. The average molecular weight is 1010 g/mol. The molecule has 3 atom stereocenters. The number of halogens is 2. The highest BCUT2D eigenvalue weighted by Crippen LogP contribution is 2.21. The van der Waals surface area contributed by atoms with Crippen LogP contribution in [0.2, 0.25) is 0 Å². The molecule has 6 amide bonds. The van der Waals surface area contributed by atoms with Crippen LogP contribution in [0.5, 0.6) is 0 Å². The Balaban J connectivity index is 0.000000320. The summed E-state index contributed by atoms with van der Waals surface area (Å²) in [5, 5.41) is 6.96. The zero-order valence-electron chi connectivity index (χ0n) is 39.4. The van der Waals surface area contributed by atoms with Gasteiger partial charge in [-0.2, -0.15) is 0 Å². The fourth-order valence-electron chi connectivity index (χ4n) is 6.72. The maximum Gasteiger partial charge on any atom is 0.306 e. The largest absolute Gasteiger partial charge is 0.460 e. The van der Waals surface area contributed by atoms with E-state index in [2.05, 4.69) is 31.9 Å². The third-order valence-electron chi connectivity index (χ3n) is 10.2. The van der Waals surface area contributed by atoms with Gasteiger partial charge in [0.25, 0.3) is 0 Å². The van der Waals surface area contributed by atoms with Crippen LogP contribution in [0.3, 0.4) is 0 Å². The van der Waals surface area contributed by atoms with Crippen LogP contribution in [-0.4, -0.2) is 63.4 Å². The van der Waals surface area contributed by atoms with E-state index in [0.29, 0.717) is 83.6 Å². The molecule has 3 aliphatic rings. The summed E-state index contributed by atoms with van der Waals surface area (Å²) in [5.74, 6) is -1.66. The summed E-state index contributed by atoms with van der Waals surface area (Å²) in [5.41, 5.74) is 16.4. The van der Waals surface area contributed by atoms with Crippen LogP contribution in [-0.2, 0) is 80.1 Å². The Labute approximate surface area is 408 Å². The van der Waals surface area contributed by atoms with Crippen LogP contribution >= 0.6 is 28.3 Å². The second-order valence-corrected chi connectivity index (χ2v) is 19.5. The fourth-order valence-corrected chi connectivity index (χ4v) is 7.06. The van der Waals surface area contributed by atoms with Crippen molar-refractivity contribution in [2.75, 3.05) is 5.73 Å². The van der Waals surface area contributed by atoms with Gasteiger partial charge >= 0.3 is 11.9 Å². The Kier molecular flexibility index (Phi) is 24.1. The molecule has 0 saturated carbocycles. The molecule has 67 heavy (non-hydrogen) atoms. The SMILES string of the molecule is CC(C)(C)OC(=O)CCc1ccc(CC2CCC(=O)NC2=O)cc1.CC(C)(C)OC(=O)CCc1ccc(N)cc1.Cl.NCc1ccc(CC2CCC(=O)NC2=O)cc1.O=C1CCC(Br)C(=O)N1. The highest BCUT2D eigenvalue weighted by Gasteiger charge is 2.28. The summed E-state index contributed by atoms with van der Waals surface area (Å²) >= 11 is 3.12. The molecule has 0 bridgehead atoms. The average Bonchev–Trinajstić information content (AvgIpc) is 3.24. The molecule has 15 nitrogen and oxygen atoms in total. The Morgan fingerprint density at radius 3 is 1.21 bits per heavy atom. The van der Waals surface area contributed by atoms with Gasteiger partial charge < -0.3 is 20.9 Å². The number of carbonyl (C=O) groups excluding carboxylic acids is 8. The monoisotopic (exact) mass is 1010 g/mol. The van der Waals surface area contributed by atoms with Gasteiger partial charge in [0.05, 0.1) is 4.83 Å². The van der Waals surface area contributed by atoms with Crippen molar-refractivity contribution in [3.05, 3.63) is 101 Å². The lowest BCUT2D eigenvalue weighted by molar-refractivity contribution is -0.155. The van der Waals surface area contributed by atoms with Crippen molar-refractivity contribution in [2.45, 2.75) is 141 Å². The summed E-state index contributed by atoms with van der Waals surface area (Å²) in [6.07, 6.45) is 6.55. The van der Waals surface area contributed by atoms with E-state index in [1.54, 1.807) is 0 Å². The second kappa shape index (κ2) is 28.0.